The fraction of sp³-hybridized carbons (Fsp3) is 0.158. The van der Waals surface area contributed by atoms with E-state index in [2.05, 4.69) is 10.3 Å². The molecule has 0 saturated heterocycles. The van der Waals surface area contributed by atoms with Gasteiger partial charge in [0.05, 0.1) is 17.8 Å². The molecule has 0 spiro atoms. The van der Waals surface area contributed by atoms with Crippen molar-refractivity contribution >= 4 is 55.6 Å². The zero-order valence-corrected chi connectivity index (χ0v) is 19.3. The van der Waals surface area contributed by atoms with Gasteiger partial charge in [0, 0.05) is 35.6 Å². The second-order valence-electron chi connectivity index (χ2n) is 6.27. The van der Waals surface area contributed by atoms with E-state index in [9.17, 15) is 13.2 Å². The van der Waals surface area contributed by atoms with Gasteiger partial charge < -0.3 is 4.74 Å². The normalized spacial score (nSPS) is 11.5. The number of rotatable bonds is 6. The van der Waals surface area contributed by atoms with Crippen molar-refractivity contribution in [2.24, 2.45) is 0 Å². The van der Waals surface area contributed by atoms with Gasteiger partial charge in [0.1, 0.15) is 10.6 Å². The average Bonchev–Trinajstić information content (AvgIpc) is 3.17. The smallest absolute Gasteiger partial charge is 0.257 e. The molecule has 3 rings (SSSR count). The summed E-state index contributed by atoms with van der Waals surface area (Å²) in [6.07, 6.45) is 0. The third-order valence-electron chi connectivity index (χ3n) is 4.11. The monoisotopic (exact) mass is 485 g/mol. The van der Waals surface area contributed by atoms with Crippen molar-refractivity contribution in [3.63, 3.8) is 0 Å². The molecule has 2 aromatic carbocycles. The van der Waals surface area contributed by atoms with Crippen LogP contribution in [-0.2, 0) is 10.0 Å². The Kier molecular flexibility index (Phi) is 6.68. The summed E-state index contributed by atoms with van der Waals surface area (Å²) in [5.74, 6) is -0.363. The first-order valence-electron chi connectivity index (χ1n) is 8.46. The number of anilines is 1. The number of halogens is 2. The van der Waals surface area contributed by atoms with Crippen LogP contribution >= 0.6 is 34.5 Å². The summed E-state index contributed by atoms with van der Waals surface area (Å²) in [4.78, 5) is 17.0. The number of sulfonamides is 1. The number of aromatic nitrogens is 1. The van der Waals surface area contributed by atoms with E-state index in [1.165, 1.54) is 50.7 Å². The Morgan fingerprint density at radius 3 is 2.57 bits per heavy atom. The van der Waals surface area contributed by atoms with E-state index >= 15 is 0 Å². The highest BCUT2D eigenvalue weighted by Crippen LogP contribution is 2.33. The van der Waals surface area contributed by atoms with E-state index in [1.807, 2.05) is 0 Å². The minimum atomic E-state index is -3.80. The van der Waals surface area contributed by atoms with E-state index in [0.717, 1.165) is 4.31 Å². The van der Waals surface area contributed by atoms with E-state index in [0.29, 0.717) is 26.4 Å². The molecule has 0 aliphatic heterocycles. The maximum atomic E-state index is 12.7. The quantitative estimate of drug-likeness (QED) is 0.549. The van der Waals surface area contributed by atoms with Gasteiger partial charge in [0.25, 0.3) is 5.91 Å². The summed E-state index contributed by atoms with van der Waals surface area (Å²) in [5.41, 5.74) is 1.35. The van der Waals surface area contributed by atoms with Crippen LogP contribution in [0.4, 0.5) is 5.13 Å². The molecule has 0 bridgehead atoms. The van der Waals surface area contributed by atoms with Crippen LogP contribution in [-0.4, -0.2) is 44.8 Å². The fourth-order valence-electron chi connectivity index (χ4n) is 2.53. The van der Waals surface area contributed by atoms with Crippen molar-refractivity contribution in [3.05, 3.63) is 57.4 Å². The van der Waals surface area contributed by atoms with E-state index in [1.54, 1.807) is 23.6 Å². The molecule has 0 atom stereocenters. The van der Waals surface area contributed by atoms with Crippen LogP contribution in [0.25, 0.3) is 11.3 Å². The molecular weight excluding hydrogens is 469 g/mol. The SMILES string of the molecule is COc1ccc(C(=O)Nc2nc(-c3cc(Cl)ccc3Cl)cs2)cc1S(=O)(=O)N(C)C. The molecule has 1 amide bonds. The molecule has 0 aliphatic rings. The molecule has 158 valence electrons. The Bertz CT molecular complexity index is 1210. The standard InChI is InChI=1S/C19H17Cl2N3O4S2/c1-24(2)30(26,27)17-8-11(4-7-16(17)28-3)18(25)23-19-22-15(10-29-19)13-9-12(20)5-6-14(13)21/h4-10H,1-3H3,(H,22,23,25). The van der Waals surface area contributed by atoms with Crippen LogP contribution in [0.1, 0.15) is 10.4 Å². The van der Waals surface area contributed by atoms with Crippen molar-refractivity contribution < 1.29 is 17.9 Å². The molecule has 0 aliphatic carbocycles. The number of methoxy groups -OCH3 is 1. The molecule has 3 aromatic rings. The molecule has 1 N–H and O–H groups in total. The number of thiazole rings is 1. The first-order valence-corrected chi connectivity index (χ1v) is 11.5. The van der Waals surface area contributed by atoms with Crippen LogP contribution in [0.3, 0.4) is 0 Å². The number of carbonyl (C=O) groups is 1. The maximum absolute atomic E-state index is 12.7. The van der Waals surface area contributed by atoms with Crippen LogP contribution in [0.2, 0.25) is 10.0 Å². The van der Waals surface area contributed by atoms with Gasteiger partial charge in [-0.15, -0.1) is 11.3 Å². The third-order valence-corrected chi connectivity index (χ3v) is 7.27. The number of benzene rings is 2. The van der Waals surface area contributed by atoms with Crippen LogP contribution in [0.5, 0.6) is 5.75 Å². The summed E-state index contributed by atoms with van der Waals surface area (Å²) >= 11 is 13.4. The first kappa shape index (κ1) is 22.5. The Hall–Kier alpha value is -2.17. The lowest BCUT2D eigenvalue weighted by Crippen LogP contribution is -2.23. The summed E-state index contributed by atoms with van der Waals surface area (Å²) in [5, 5.41) is 5.74. The fourth-order valence-corrected chi connectivity index (χ4v) is 4.70. The summed E-state index contributed by atoms with van der Waals surface area (Å²) in [6.45, 7) is 0. The van der Waals surface area contributed by atoms with Gasteiger partial charge in [-0.1, -0.05) is 23.2 Å². The average molecular weight is 486 g/mol. The molecule has 0 saturated carbocycles. The van der Waals surface area contributed by atoms with Crippen molar-refractivity contribution in [2.45, 2.75) is 4.90 Å². The highest BCUT2D eigenvalue weighted by atomic mass is 35.5. The first-order chi connectivity index (χ1) is 14.1. The van der Waals surface area contributed by atoms with Gasteiger partial charge in [-0.3, -0.25) is 10.1 Å². The third kappa shape index (κ3) is 4.60. The van der Waals surface area contributed by atoms with Crippen LogP contribution < -0.4 is 10.1 Å². The number of hydrogen-bond donors (Lipinski definition) is 1. The lowest BCUT2D eigenvalue weighted by atomic mass is 10.2. The Labute approximate surface area is 188 Å². The van der Waals surface area contributed by atoms with Gasteiger partial charge in [-0.05, 0) is 36.4 Å². The molecule has 0 unspecified atom stereocenters. The molecule has 11 heteroatoms. The minimum Gasteiger partial charge on any atom is -0.495 e. The number of ether oxygens (including phenoxy) is 1. The predicted molar refractivity (Wildman–Crippen MR) is 119 cm³/mol. The highest BCUT2D eigenvalue weighted by Gasteiger charge is 2.24. The van der Waals surface area contributed by atoms with Crippen molar-refractivity contribution in [1.82, 2.24) is 9.29 Å². The Balaban J connectivity index is 1.89. The van der Waals surface area contributed by atoms with Crippen molar-refractivity contribution in [2.75, 3.05) is 26.5 Å². The summed E-state index contributed by atoms with van der Waals surface area (Å²) in [6, 6.07) is 9.21. The van der Waals surface area contributed by atoms with Crippen LogP contribution in [0, 0.1) is 0 Å². The van der Waals surface area contributed by atoms with E-state index in [-0.39, 0.29) is 16.2 Å². The van der Waals surface area contributed by atoms with Gasteiger partial charge in [0.15, 0.2) is 5.13 Å². The molecule has 0 radical (unpaired) electrons. The molecule has 0 fully saturated rings. The molecular formula is C19H17Cl2N3O4S2. The second kappa shape index (κ2) is 8.91. The lowest BCUT2D eigenvalue weighted by molar-refractivity contribution is 0.102. The Morgan fingerprint density at radius 2 is 1.90 bits per heavy atom. The number of nitrogens with zero attached hydrogens (tertiary/aromatic N) is 2. The number of nitrogens with one attached hydrogen (secondary N) is 1. The van der Waals surface area contributed by atoms with E-state index in [4.69, 9.17) is 27.9 Å². The predicted octanol–water partition coefficient (Wildman–Crippen LogP) is 4.63. The minimum absolute atomic E-state index is 0.104. The molecule has 7 nitrogen and oxygen atoms in total. The maximum Gasteiger partial charge on any atom is 0.257 e. The number of hydrogen-bond acceptors (Lipinski definition) is 6. The lowest BCUT2D eigenvalue weighted by Gasteiger charge is -2.15. The zero-order chi connectivity index (χ0) is 22.1. The molecule has 1 heterocycles. The van der Waals surface area contributed by atoms with Gasteiger partial charge in [-0.25, -0.2) is 17.7 Å². The topological polar surface area (TPSA) is 88.6 Å². The molecule has 30 heavy (non-hydrogen) atoms. The number of carbonyl (C=O) groups excluding carboxylic acids is 1. The zero-order valence-electron chi connectivity index (χ0n) is 16.1. The second-order valence-corrected chi connectivity index (χ2v) is 10.1. The Morgan fingerprint density at radius 1 is 1.17 bits per heavy atom. The largest absolute Gasteiger partial charge is 0.495 e. The highest BCUT2D eigenvalue weighted by molar-refractivity contribution is 7.89. The van der Waals surface area contributed by atoms with E-state index < -0.39 is 15.9 Å². The summed E-state index contributed by atoms with van der Waals surface area (Å²) < 4.78 is 31.3. The van der Waals surface area contributed by atoms with Crippen LogP contribution in [0.15, 0.2) is 46.7 Å². The summed E-state index contributed by atoms with van der Waals surface area (Å²) in [7, 11) is 0.367. The molecule has 1 aromatic heterocycles. The van der Waals surface area contributed by atoms with Crippen molar-refractivity contribution in [1.29, 1.82) is 0 Å². The number of amides is 1. The van der Waals surface area contributed by atoms with Crippen molar-refractivity contribution in [3.8, 4) is 17.0 Å². The van der Waals surface area contributed by atoms with Gasteiger partial charge in [0.2, 0.25) is 10.0 Å². The van der Waals surface area contributed by atoms with Gasteiger partial charge in [-0.2, -0.15) is 0 Å². The van der Waals surface area contributed by atoms with Gasteiger partial charge >= 0.3 is 0 Å².